The van der Waals surface area contributed by atoms with Gasteiger partial charge in [0.25, 0.3) is 5.91 Å². The van der Waals surface area contributed by atoms with E-state index in [0.29, 0.717) is 34.8 Å². The van der Waals surface area contributed by atoms with E-state index in [-0.39, 0.29) is 18.5 Å². The van der Waals surface area contributed by atoms with Crippen molar-refractivity contribution in [3.8, 4) is 0 Å². The predicted octanol–water partition coefficient (Wildman–Crippen LogP) is 2.67. The van der Waals surface area contributed by atoms with Crippen LogP contribution in [0.5, 0.6) is 0 Å². The molecule has 1 saturated heterocycles. The van der Waals surface area contributed by atoms with Crippen LogP contribution >= 0.6 is 11.6 Å². The van der Waals surface area contributed by atoms with Crippen LogP contribution in [-0.2, 0) is 4.79 Å². The monoisotopic (exact) mass is 371 g/mol. The molecule has 0 spiro atoms. The van der Waals surface area contributed by atoms with Crippen molar-refractivity contribution in [1.82, 2.24) is 4.90 Å². The van der Waals surface area contributed by atoms with Crippen molar-refractivity contribution >= 4 is 35.0 Å². The van der Waals surface area contributed by atoms with Crippen molar-refractivity contribution in [3.05, 3.63) is 64.7 Å². The lowest BCUT2D eigenvalue weighted by Crippen LogP contribution is -2.42. The van der Waals surface area contributed by atoms with Crippen molar-refractivity contribution < 1.29 is 14.4 Å². The van der Waals surface area contributed by atoms with E-state index in [2.05, 4.69) is 0 Å². The number of anilines is 1. The molecule has 1 fully saturated rings. The fourth-order valence-electron chi connectivity index (χ4n) is 2.87. The maximum atomic E-state index is 13.0. The number of nitrogens with two attached hydrogens (primary N) is 1. The van der Waals surface area contributed by atoms with E-state index < -0.39 is 5.91 Å². The molecule has 2 aromatic carbocycles. The summed E-state index contributed by atoms with van der Waals surface area (Å²) < 4.78 is 0. The van der Waals surface area contributed by atoms with E-state index in [1.807, 2.05) is 0 Å². The molecular weight excluding hydrogens is 354 g/mol. The van der Waals surface area contributed by atoms with Gasteiger partial charge in [-0.3, -0.25) is 19.3 Å². The molecule has 0 saturated carbocycles. The van der Waals surface area contributed by atoms with Gasteiger partial charge in [-0.05, 0) is 48.9 Å². The average molecular weight is 372 g/mol. The van der Waals surface area contributed by atoms with Gasteiger partial charge in [0.2, 0.25) is 11.8 Å². The summed E-state index contributed by atoms with van der Waals surface area (Å²) in [5.74, 6) is -0.805. The number of halogens is 1. The summed E-state index contributed by atoms with van der Waals surface area (Å²) in [6.07, 6.45) is 1.26. The molecule has 0 bridgehead atoms. The summed E-state index contributed by atoms with van der Waals surface area (Å²) in [4.78, 5) is 39.5. The van der Waals surface area contributed by atoms with Gasteiger partial charge in [-0.15, -0.1) is 0 Å². The van der Waals surface area contributed by atoms with Gasteiger partial charge in [0.05, 0.1) is 0 Å². The Balaban J connectivity index is 1.94. The Hall–Kier alpha value is -2.86. The number of primary amides is 1. The van der Waals surface area contributed by atoms with Crippen molar-refractivity contribution in [2.45, 2.75) is 12.8 Å². The zero-order valence-corrected chi connectivity index (χ0v) is 14.8. The Bertz CT molecular complexity index is 851. The normalized spacial score (nSPS) is 13.7. The predicted molar refractivity (Wildman–Crippen MR) is 99.0 cm³/mol. The highest BCUT2D eigenvalue weighted by molar-refractivity contribution is 6.31. The summed E-state index contributed by atoms with van der Waals surface area (Å²) in [6, 6.07) is 13.0. The Morgan fingerprint density at radius 1 is 1.12 bits per heavy atom. The number of rotatable bonds is 5. The molecule has 2 aromatic rings. The lowest BCUT2D eigenvalue weighted by atomic mass is 10.1. The first-order valence-corrected chi connectivity index (χ1v) is 8.58. The Morgan fingerprint density at radius 3 is 2.42 bits per heavy atom. The van der Waals surface area contributed by atoms with Crippen LogP contribution in [0.4, 0.5) is 5.69 Å². The molecular formula is C19H18ClN3O3. The van der Waals surface area contributed by atoms with Crippen LogP contribution < -0.4 is 10.6 Å². The lowest BCUT2D eigenvalue weighted by molar-refractivity contribution is -0.127. The Labute approximate surface area is 156 Å². The molecule has 0 aromatic heterocycles. The van der Waals surface area contributed by atoms with Gasteiger partial charge in [0, 0.05) is 34.8 Å². The summed E-state index contributed by atoms with van der Waals surface area (Å²) in [5, 5.41) is 0.456. The van der Waals surface area contributed by atoms with E-state index in [0.717, 1.165) is 6.42 Å². The van der Waals surface area contributed by atoms with E-state index in [4.69, 9.17) is 17.3 Å². The zero-order chi connectivity index (χ0) is 18.7. The molecule has 26 heavy (non-hydrogen) atoms. The first-order valence-electron chi connectivity index (χ1n) is 8.21. The quantitative estimate of drug-likeness (QED) is 0.876. The van der Waals surface area contributed by atoms with Crippen LogP contribution in [0.2, 0.25) is 5.02 Å². The fraction of sp³-hybridized carbons (Fsp3) is 0.211. The van der Waals surface area contributed by atoms with Gasteiger partial charge in [0.1, 0.15) is 6.67 Å². The third-order valence-corrected chi connectivity index (χ3v) is 4.50. The van der Waals surface area contributed by atoms with Gasteiger partial charge < -0.3 is 10.6 Å². The topological polar surface area (TPSA) is 83.7 Å². The number of carbonyl (C=O) groups excluding carboxylic acids is 3. The highest BCUT2D eigenvalue weighted by Gasteiger charge is 2.26. The Kier molecular flexibility index (Phi) is 5.23. The SMILES string of the molecule is NC(=O)c1ccc(N(CN2CCCC2=O)C(=O)c2cccc(Cl)c2)cc1. The molecule has 0 unspecified atom stereocenters. The van der Waals surface area contributed by atoms with Crippen LogP contribution in [0, 0.1) is 0 Å². The largest absolute Gasteiger partial charge is 0.366 e. The molecule has 0 aliphatic carbocycles. The van der Waals surface area contributed by atoms with Crippen molar-refractivity contribution in [3.63, 3.8) is 0 Å². The van der Waals surface area contributed by atoms with Crippen LogP contribution in [0.15, 0.2) is 48.5 Å². The first-order chi connectivity index (χ1) is 12.5. The van der Waals surface area contributed by atoms with E-state index in [1.165, 1.54) is 4.90 Å². The molecule has 6 nitrogen and oxygen atoms in total. The van der Waals surface area contributed by atoms with Crippen molar-refractivity contribution in [1.29, 1.82) is 0 Å². The van der Waals surface area contributed by atoms with E-state index in [1.54, 1.807) is 53.4 Å². The molecule has 1 heterocycles. The van der Waals surface area contributed by atoms with Crippen LogP contribution in [0.1, 0.15) is 33.6 Å². The van der Waals surface area contributed by atoms with Crippen LogP contribution in [0.3, 0.4) is 0 Å². The number of likely N-dealkylation sites (tertiary alicyclic amines) is 1. The molecule has 1 aliphatic heterocycles. The third kappa shape index (κ3) is 3.86. The Morgan fingerprint density at radius 2 is 1.85 bits per heavy atom. The zero-order valence-electron chi connectivity index (χ0n) is 14.0. The average Bonchev–Trinajstić information content (AvgIpc) is 3.04. The molecule has 0 atom stereocenters. The first kappa shape index (κ1) is 17.9. The number of benzene rings is 2. The van der Waals surface area contributed by atoms with Gasteiger partial charge >= 0.3 is 0 Å². The molecule has 2 N–H and O–H groups in total. The second-order valence-corrected chi connectivity index (χ2v) is 6.49. The number of carbonyl (C=O) groups is 3. The second-order valence-electron chi connectivity index (χ2n) is 6.06. The maximum absolute atomic E-state index is 13.0. The molecule has 1 aliphatic rings. The van der Waals surface area contributed by atoms with Crippen molar-refractivity contribution in [2.75, 3.05) is 18.1 Å². The van der Waals surface area contributed by atoms with Gasteiger partial charge in [-0.2, -0.15) is 0 Å². The number of nitrogens with zero attached hydrogens (tertiary/aromatic N) is 2. The molecule has 3 rings (SSSR count). The van der Waals surface area contributed by atoms with E-state index in [9.17, 15) is 14.4 Å². The summed E-state index contributed by atoms with van der Waals surface area (Å²) in [7, 11) is 0. The highest BCUT2D eigenvalue weighted by atomic mass is 35.5. The second kappa shape index (κ2) is 7.58. The number of hydrogen-bond acceptors (Lipinski definition) is 3. The minimum absolute atomic E-state index is 0.0163. The maximum Gasteiger partial charge on any atom is 0.259 e. The minimum Gasteiger partial charge on any atom is -0.366 e. The summed E-state index contributed by atoms with van der Waals surface area (Å²) in [5.41, 5.74) is 6.61. The number of amides is 3. The third-order valence-electron chi connectivity index (χ3n) is 4.26. The highest BCUT2D eigenvalue weighted by Crippen LogP contribution is 2.22. The molecule has 3 amide bonds. The molecule has 0 radical (unpaired) electrons. The fourth-order valence-corrected chi connectivity index (χ4v) is 3.06. The molecule has 134 valence electrons. The van der Waals surface area contributed by atoms with E-state index >= 15 is 0 Å². The van der Waals surface area contributed by atoms with Crippen LogP contribution in [0.25, 0.3) is 0 Å². The molecule has 7 heteroatoms. The van der Waals surface area contributed by atoms with Crippen LogP contribution in [-0.4, -0.2) is 35.8 Å². The minimum atomic E-state index is -0.543. The van der Waals surface area contributed by atoms with Gasteiger partial charge in [0.15, 0.2) is 0 Å². The summed E-state index contributed by atoms with van der Waals surface area (Å²) >= 11 is 6.00. The summed E-state index contributed by atoms with van der Waals surface area (Å²) in [6.45, 7) is 0.748. The van der Waals surface area contributed by atoms with Crippen molar-refractivity contribution in [2.24, 2.45) is 5.73 Å². The lowest BCUT2D eigenvalue weighted by Gasteiger charge is -2.28. The standard InChI is InChI=1S/C19H18ClN3O3/c20-15-4-1-3-14(11-15)19(26)23(12-22-10-2-5-17(22)24)16-8-6-13(7-9-16)18(21)25/h1,3-4,6-9,11H,2,5,10,12H2,(H2,21,25). The van der Waals surface area contributed by atoms with Gasteiger partial charge in [-0.1, -0.05) is 17.7 Å². The smallest absolute Gasteiger partial charge is 0.259 e. The van der Waals surface area contributed by atoms with Gasteiger partial charge in [-0.25, -0.2) is 0 Å². The number of hydrogen-bond donors (Lipinski definition) is 1.